The van der Waals surface area contributed by atoms with Crippen LogP contribution in [0.5, 0.6) is 0 Å². The highest BCUT2D eigenvalue weighted by Gasteiger charge is 2.30. The second-order valence-corrected chi connectivity index (χ2v) is 5.44. The number of alkyl halides is 3. The Hall–Kier alpha value is -1.40. The number of halogens is 5. The third-order valence-corrected chi connectivity index (χ3v) is 4.00. The van der Waals surface area contributed by atoms with Gasteiger partial charge in [-0.25, -0.2) is 4.39 Å². The highest BCUT2D eigenvalue weighted by Crippen LogP contribution is 2.31. The van der Waals surface area contributed by atoms with Crippen LogP contribution in [0, 0.1) is 5.82 Å². The van der Waals surface area contributed by atoms with Gasteiger partial charge in [0.1, 0.15) is 5.82 Å². The van der Waals surface area contributed by atoms with Gasteiger partial charge >= 0.3 is 6.18 Å². The Morgan fingerprint density at radius 1 is 1.10 bits per heavy atom. The van der Waals surface area contributed by atoms with Crippen LogP contribution in [-0.4, -0.2) is 0 Å². The van der Waals surface area contributed by atoms with Crippen molar-refractivity contribution in [2.24, 2.45) is 5.73 Å². The van der Waals surface area contributed by atoms with Crippen molar-refractivity contribution in [1.29, 1.82) is 0 Å². The van der Waals surface area contributed by atoms with E-state index < -0.39 is 23.6 Å². The van der Waals surface area contributed by atoms with Gasteiger partial charge < -0.3 is 5.73 Å². The summed E-state index contributed by atoms with van der Waals surface area (Å²) in [6, 6.07) is 8.74. The zero-order valence-electron chi connectivity index (χ0n) is 10.8. The molecule has 6 heteroatoms. The maximum atomic E-state index is 13.4. The van der Waals surface area contributed by atoms with Gasteiger partial charge in [0.05, 0.1) is 10.0 Å². The molecule has 21 heavy (non-hydrogen) atoms. The standard InChI is InChI=1S/C15H12BrF4N/c16-14-10(4-2-6-12(14)17)8-13(21)9-3-1-5-11(7-9)15(18,19)20/h1-7,13H,8,21H2. The summed E-state index contributed by atoms with van der Waals surface area (Å²) in [5, 5.41) is 0. The molecule has 0 amide bonds. The van der Waals surface area contributed by atoms with Crippen molar-refractivity contribution in [1.82, 2.24) is 0 Å². The number of rotatable bonds is 3. The Bertz CT molecular complexity index is 640. The molecule has 0 fully saturated rings. The van der Waals surface area contributed by atoms with Crippen LogP contribution in [0.1, 0.15) is 22.7 Å². The summed E-state index contributed by atoms with van der Waals surface area (Å²) < 4.78 is 51.7. The normalized spacial score (nSPS) is 13.2. The summed E-state index contributed by atoms with van der Waals surface area (Å²) in [7, 11) is 0. The average molecular weight is 362 g/mol. The molecule has 2 aromatic rings. The van der Waals surface area contributed by atoms with E-state index in [-0.39, 0.29) is 10.9 Å². The second kappa shape index (κ2) is 6.15. The van der Waals surface area contributed by atoms with Gasteiger partial charge in [0.25, 0.3) is 0 Å². The molecule has 0 bridgehead atoms. The highest BCUT2D eigenvalue weighted by molar-refractivity contribution is 9.10. The maximum absolute atomic E-state index is 13.4. The molecular formula is C15H12BrF4N. The van der Waals surface area contributed by atoms with Crippen LogP contribution in [0.4, 0.5) is 17.6 Å². The minimum Gasteiger partial charge on any atom is -0.324 e. The Morgan fingerprint density at radius 2 is 1.76 bits per heavy atom. The molecule has 0 aliphatic rings. The Kier molecular flexibility index (Phi) is 4.68. The Labute approximate surface area is 127 Å². The third-order valence-electron chi connectivity index (χ3n) is 3.11. The minimum atomic E-state index is -4.41. The molecule has 0 radical (unpaired) electrons. The SMILES string of the molecule is NC(Cc1cccc(F)c1Br)c1cccc(C(F)(F)F)c1. The number of nitrogens with two attached hydrogens (primary N) is 1. The number of hydrogen-bond donors (Lipinski definition) is 1. The van der Waals surface area contributed by atoms with E-state index in [1.807, 2.05) is 0 Å². The minimum absolute atomic E-state index is 0.236. The number of benzene rings is 2. The van der Waals surface area contributed by atoms with Crippen molar-refractivity contribution < 1.29 is 17.6 Å². The van der Waals surface area contributed by atoms with Gasteiger partial charge in [0, 0.05) is 6.04 Å². The van der Waals surface area contributed by atoms with Crippen LogP contribution in [0.3, 0.4) is 0 Å². The topological polar surface area (TPSA) is 26.0 Å². The zero-order valence-corrected chi connectivity index (χ0v) is 12.4. The lowest BCUT2D eigenvalue weighted by atomic mass is 9.98. The van der Waals surface area contributed by atoms with E-state index in [4.69, 9.17) is 5.73 Å². The lowest BCUT2D eigenvalue weighted by molar-refractivity contribution is -0.137. The lowest BCUT2D eigenvalue weighted by Crippen LogP contribution is -2.15. The molecule has 1 atom stereocenters. The largest absolute Gasteiger partial charge is 0.416 e. The first-order valence-electron chi connectivity index (χ1n) is 6.14. The number of hydrogen-bond acceptors (Lipinski definition) is 1. The first-order valence-corrected chi connectivity index (χ1v) is 6.94. The van der Waals surface area contributed by atoms with E-state index in [0.29, 0.717) is 11.1 Å². The van der Waals surface area contributed by atoms with Crippen LogP contribution < -0.4 is 5.73 Å². The molecule has 0 saturated carbocycles. The van der Waals surface area contributed by atoms with E-state index in [0.717, 1.165) is 12.1 Å². The monoisotopic (exact) mass is 361 g/mol. The van der Waals surface area contributed by atoms with Gasteiger partial charge in [0.15, 0.2) is 0 Å². The average Bonchev–Trinajstić information content (AvgIpc) is 2.43. The zero-order chi connectivity index (χ0) is 15.6. The van der Waals surface area contributed by atoms with Gasteiger partial charge in [0.2, 0.25) is 0 Å². The molecule has 2 rings (SSSR count). The fourth-order valence-electron chi connectivity index (χ4n) is 2.01. The van der Waals surface area contributed by atoms with Gasteiger partial charge in [-0.15, -0.1) is 0 Å². The second-order valence-electron chi connectivity index (χ2n) is 4.65. The molecule has 2 N–H and O–H groups in total. The smallest absolute Gasteiger partial charge is 0.324 e. The van der Waals surface area contributed by atoms with Gasteiger partial charge in [-0.2, -0.15) is 13.2 Å². The molecule has 0 aromatic heterocycles. The van der Waals surface area contributed by atoms with Gasteiger partial charge in [-0.05, 0) is 51.7 Å². The van der Waals surface area contributed by atoms with Crippen LogP contribution in [0.15, 0.2) is 46.9 Å². The molecule has 0 aliphatic heterocycles. The molecule has 2 aromatic carbocycles. The highest BCUT2D eigenvalue weighted by atomic mass is 79.9. The summed E-state index contributed by atoms with van der Waals surface area (Å²) in [6.07, 6.45) is -4.17. The van der Waals surface area contributed by atoms with Crippen molar-refractivity contribution >= 4 is 15.9 Å². The molecule has 0 heterocycles. The molecular weight excluding hydrogens is 350 g/mol. The Morgan fingerprint density at radius 3 is 2.43 bits per heavy atom. The molecule has 112 valence electrons. The first-order chi connectivity index (χ1) is 9.79. The first kappa shape index (κ1) is 16.0. The van der Waals surface area contributed by atoms with Crippen LogP contribution >= 0.6 is 15.9 Å². The summed E-state index contributed by atoms with van der Waals surface area (Å²) in [5.41, 5.74) is 6.18. The van der Waals surface area contributed by atoms with Crippen LogP contribution in [0.25, 0.3) is 0 Å². The predicted octanol–water partition coefficient (Wildman–Crippen LogP) is 4.85. The summed E-state index contributed by atoms with van der Waals surface area (Å²) in [6.45, 7) is 0. The predicted molar refractivity (Wildman–Crippen MR) is 76.2 cm³/mol. The van der Waals surface area contributed by atoms with E-state index in [1.165, 1.54) is 24.3 Å². The van der Waals surface area contributed by atoms with Crippen molar-refractivity contribution in [3.8, 4) is 0 Å². The lowest BCUT2D eigenvalue weighted by Gasteiger charge is -2.15. The van der Waals surface area contributed by atoms with E-state index in [2.05, 4.69) is 15.9 Å². The molecule has 1 unspecified atom stereocenters. The quantitative estimate of drug-likeness (QED) is 0.777. The fourth-order valence-corrected chi connectivity index (χ4v) is 2.43. The van der Waals surface area contributed by atoms with E-state index in [9.17, 15) is 17.6 Å². The molecule has 0 aliphatic carbocycles. The molecule has 1 nitrogen and oxygen atoms in total. The van der Waals surface area contributed by atoms with Crippen LogP contribution in [0.2, 0.25) is 0 Å². The van der Waals surface area contributed by atoms with Crippen LogP contribution in [-0.2, 0) is 12.6 Å². The summed E-state index contributed by atoms with van der Waals surface area (Å²) in [5.74, 6) is -0.427. The Balaban J connectivity index is 2.25. The van der Waals surface area contributed by atoms with E-state index in [1.54, 1.807) is 6.07 Å². The summed E-state index contributed by atoms with van der Waals surface area (Å²) in [4.78, 5) is 0. The third kappa shape index (κ3) is 3.83. The van der Waals surface area contributed by atoms with Crippen molar-refractivity contribution in [3.63, 3.8) is 0 Å². The molecule has 0 spiro atoms. The van der Waals surface area contributed by atoms with Crippen molar-refractivity contribution in [2.75, 3.05) is 0 Å². The van der Waals surface area contributed by atoms with Crippen molar-refractivity contribution in [3.05, 3.63) is 69.4 Å². The van der Waals surface area contributed by atoms with Crippen molar-refractivity contribution in [2.45, 2.75) is 18.6 Å². The maximum Gasteiger partial charge on any atom is 0.416 e. The van der Waals surface area contributed by atoms with Gasteiger partial charge in [-0.1, -0.05) is 24.3 Å². The fraction of sp³-hybridized carbons (Fsp3) is 0.200. The molecule has 0 saturated heterocycles. The van der Waals surface area contributed by atoms with E-state index >= 15 is 0 Å². The van der Waals surface area contributed by atoms with Gasteiger partial charge in [-0.3, -0.25) is 0 Å². The summed E-state index contributed by atoms with van der Waals surface area (Å²) >= 11 is 3.12.